The number of hydrogen-bond acceptors (Lipinski definition) is 2. The van der Waals surface area contributed by atoms with Crippen LogP contribution in [0.4, 0.5) is 0 Å². The van der Waals surface area contributed by atoms with Gasteiger partial charge in [-0.1, -0.05) is 31.9 Å². The van der Waals surface area contributed by atoms with Crippen LogP contribution in [0.25, 0.3) is 17.0 Å². The third-order valence-electron chi connectivity index (χ3n) is 4.33. The third kappa shape index (κ3) is 3.32. The smallest absolute Gasteiger partial charge is 0.244 e. The average Bonchev–Trinajstić information content (AvgIpc) is 2.95. The number of hydrogen-bond donors (Lipinski definition) is 2. The summed E-state index contributed by atoms with van der Waals surface area (Å²) in [4.78, 5) is 12.0. The van der Waals surface area contributed by atoms with Gasteiger partial charge >= 0.3 is 0 Å². The third-order valence-corrected chi connectivity index (χ3v) is 4.33. The van der Waals surface area contributed by atoms with Crippen LogP contribution in [-0.2, 0) is 4.79 Å². The second kappa shape index (κ2) is 6.12. The summed E-state index contributed by atoms with van der Waals surface area (Å²) < 4.78 is 0. The number of nitrogens with zero attached hydrogens (tertiary/aromatic N) is 1. The number of H-pyrrole nitrogens is 1. The fourth-order valence-electron chi connectivity index (χ4n) is 2.99. The predicted octanol–water partition coefficient (Wildman–Crippen LogP) is 3.27. The molecule has 3 rings (SSSR count). The van der Waals surface area contributed by atoms with Crippen molar-refractivity contribution in [1.82, 2.24) is 15.5 Å². The summed E-state index contributed by atoms with van der Waals surface area (Å²) >= 11 is 0. The molecule has 1 aromatic carbocycles. The molecule has 0 aliphatic heterocycles. The van der Waals surface area contributed by atoms with E-state index in [-0.39, 0.29) is 5.91 Å². The van der Waals surface area contributed by atoms with Gasteiger partial charge in [0.1, 0.15) is 0 Å². The van der Waals surface area contributed by atoms with Crippen molar-refractivity contribution in [3.8, 4) is 0 Å². The Hall–Kier alpha value is -2.10. The van der Waals surface area contributed by atoms with Crippen LogP contribution in [0.5, 0.6) is 0 Å². The highest BCUT2D eigenvalue weighted by Gasteiger charge is 2.21. The number of rotatable bonds is 3. The normalized spacial score (nSPS) is 22.7. The van der Waals surface area contributed by atoms with E-state index in [4.69, 9.17) is 0 Å². The molecule has 0 spiro atoms. The van der Waals surface area contributed by atoms with Crippen molar-refractivity contribution in [2.45, 2.75) is 38.6 Å². The highest BCUT2D eigenvalue weighted by atomic mass is 16.1. The van der Waals surface area contributed by atoms with E-state index in [0.717, 1.165) is 22.9 Å². The van der Waals surface area contributed by atoms with Crippen molar-refractivity contribution >= 4 is 22.9 Å². The summed E-state index contributed by atoms with van der Waals surface area (Å²) in [7, 11) is 0. The van der Waals surface area contributed by atoms with Crippen LogP contribution in [0.1, 0.15) is 38.2 Å². The lowest BCUT2D eigenvalue weighted by Crippen LogP contribution is -2.40. The van der Waals surface area contributed by atoms with Gasteiger partial charge in [0.25, 0.3) is 0 Å². The van der Waals surface area contributed by atoms with E-state index in [0.29, 0.717) is 12.0 Å². The molecule has 21 heavy (non-hydrogen) atoms. The summed E-state index contributed by atoms with van der Waals surface area (Å²) in [5, 5.41) is 11.1. The largest absolute Gasteiger partial charge is 0.350 e. The molecule has 0 radical (unpaired) electrons. The van der Waals surface area contributed by atoms with Gasteiger partial charge in [0, 0.05) is 17.5 Å². The molecule has 0 saturated heterocycles. The molecular weight excluding hydrogens is 262 g/mol. The first-order chi connectivity index (χ1) is 10.2. The zero-order valence-electron chi connectivity index (χ0n) is 12.3. The zero-order valence-corrected chi connectivity index (χ0v) is 12.3. The number of carbonyl (C=O) groups excluding carboxylic acids is 1. The first kappa shape index (κ1) is 13.9. The van der Waals surface area contributed by atoms with Crippen LogP contribution in [0, 0.1) is 5.92 Å². The standard InChI is InChI=1S/C17H21N3O/c1-12-4-2-3-5-15(12)19-17(21)9-7-13-6-8-14-11-18-20-16(14)10-13/h6-12,15H,2-5H2,1H3,(H,18,20)(H,19,21)/b9-7+/t12-,15-/m1/s1. The van der Waals surface area contributed by atoms with Gasteiger partial charge in [-0.3, -0.25) is 9.89 Å². The molecular formula is C17H21N3O. The van der Waals surface area contributed by atoms with Gasteiger partial charge in [-0.25, -0.2) is 0 Å². The lowest BCUT2D eigenvalue weighted by molar-refractivity contribution is -0.117. The Labute approximate surface area is 124 Å². The number of fused-ring (bicyclic) bond motifs is 1. The number of aromatic nitrogens is 2. The average molecular weight is 283 g/mol. The van der Waals surface area contributed by atoms with Crippen LogP contribution in [0.15, 0.2) is 30.5 Å². The molecule has 1 amide bonds. The van der Waals surface area contributed by atoms with E-state index in [1.54, 1.807) is 12.3 Å². The molecule has 4 nitrogen and oxygen atoms in total. The molecule has 1 aromatic heterocycles. The SMILES string of the molecule is C[C@@H]1CCCC[C@H]1NC(=O)/C=C/c1ccc2cn[nH]c2c1. The van der Waals surface area contributed by atoms with Crippen LogP contribution >= 0.6 is 0 Å². The van der Waals surface area contributed by atoms with Gasteiger partial charge in [0.2, 0.25) is 5.91 Å². The van der Waals surface area contributed by atoms with E-state index < -0.39 is 0 Å². The van der Waals surface area contributed by atoms with E-state index >= 15 is 0 Å². The van der Waals surface area contributed by atoms with Crippen molar-refractivity contribution in [3.63, 3.8) is 0 Å². The highest BCUT2D eigenvalue weighted by molar-refractivity contribution is 5.92. The van der Waals surface area contributed by atoms with Crippen LogP contribution in [-0.4, -0.2) is 22.1 Å². The minimum atomic E-state index is -0.00143. The summed E-state index contributed by atoms with van der Waals surface area (Å²) in [5.74, 6) is 0.580. The molecule has 110 valence electrons. The van der Waals surface area contributed by atoms with Gasteiger partial charge in [0.05, 0.1) is 11.7 Å². The van der Waals surface area contributed by atoms with Gasteiger partial charge in [-0.05, 0) is 36.5 Å². The fraction of sp³-hybridized carbons (Fsp3) is 0.412. The number of amides is 1. The molecule has 2 N–H and O–H groups in total. The van der Waals surface area contributed by atoms with Crippen molar-refractivity contribution in [1.29, 1.82) is 0 Å². The van der Waals surface area contributed by atoms with Crippen LogP contribution in [0.3, 0.4) is 0 Å². The molecule has 1 aliphatic rings. The molecule has 1 saturated carbocycles. The molecule has 0 unspecified atom stereocenters. The van der Waals surface area contributed by atoms with E-state index in [1.807, 2.05) is 24.3 Å². The van der Waals surface area contributed by atoms with Gasteiger partial charge in [-0.2, -0.15) is 5.10 Å². The lowest BCUT2D eigenvalue weighted by atomic mass is 9.86. The molecule has 1 heterocycles. The second-order valence-electron chi connectivity index (χ2n) is 5.93. The quantitative estimate of drug-likeness (QED) is 0.849. The van der Waals surface area contributed by atoms with E-state index in [9.17, 15) is 4.79 Å². The number of aromatic amines is 1. The number of nitrogens with one attached hydrogen (secondary N) is 2. The van der Waals surface area contributed by atoms with E-state index in [2.05, 4.69) is 22.4 Å². The van der Waals surface area contributed by atoms with Crippen LogP contribution in [0.2, 0.25) is 0 Å². The number of carbonyl (C=O) groups is 1. The topological polar surface area (TPSA) is 57.8 Å². The van der Waals surface area contributed by atoms with Gasteiger partial charge < -0.3 is 5.32 Å². The summed E-state index contributed by atoms with van der Waals surface area (Å²) in [6.45, 7) is 2.22. The Kier molecular flexibility index (Phi) is 4.04. The minimum absolute atomic E-state index is 0.00143. The van der Waals surface area contributed by atoms with Gasteiger partial charge in [-0.15, -0.1) is 0 Å². The maximum absolute atomic E-state index is 12.0. The van der Waals surface area contributed by atoms with Crippen molar-refractivity contribution in [2.24, 2.45) is 5.92 Å². The van der Waals surface area contributed by atoms with Crippen molar-refractivity contribution in [3.05, 3.63) is 36.0 Å². The molecule has 4 heteroatoms. The highest BCUT2D eigenvalue weighted by Crippen LogP contribution is 2.23. The Morgan fingerprint density at radius 1 is 1.38 bits per heavy atom. The maximum atomic E-state index is 12.0. The van der Waals surface area contributed by atoms with E-state index in [1.165, 1.54) is 19.3 Å². The summed E-state index contributed by atoms with van der Waals surface area (Å²) in [6, 6.07) is 6.31. The van der Waals surface area contributed by atoms with Crippen LogP contribution < -0.4 is 5.32 Å². The van der Waals surface area contributed by atoms with Gasteiger partial charge in [0.15, 0.2) is 0 Å². The van der Waals surface area contributed by atoms with Crippen molar-refractivity contribution in [2.75, 3.05) is 0 Å². The fourth-order valence-corrected chi connectivity index (χ4v) is 2.99. The molecule has 2 aromatic rings. The summed E-state index contributed by atoms with van der Waals surface area (Å²) in [5.41, 5.74) is 1.98. The Morgan fingerprint density at radius 2 is 2.24 bits per heavy atom. The first-order valence-corrected chi connectivity index (χ1v) is 7.64. The Balaban J connectivity index is 1.63. The molecule has 2 atom stereocenters. The Bertz CT molecular complexity index is 659. The number of benzene rings is 1. The maximum Gasteiger partial charge on any atom is 0.244 e. The predicted molar refractivity (Wildman–Crippen MR) is 84.7 cm³/mol. The second-order valence-corrected chi connectivity index (χ2v) is 5.93. The first-order valence-electron chi connectivity index (χ1n) is 7.64. The monoisotopic (exact) mass is 283 g/mol. The Morgan fingerprint density at radius 3 is 3.10 bits per heavy atom. The minimum Gasteiger partial charge on any atom is -0.350 e. The van der Waals surface area contributed by atoms with Crippen molar-refractivity contribution < 1.29 is 4.79 Å². The lowest BCUT2D eigenvalue weighted by Gasteiger charge is -2.29. The summed E-state index contributed by atoms with van der Waals surface area (Å²) in [6.07, 6.45) is 10.1. The molecule has 1 fully saturated rings. The molecule has 0 bridgehead atoms. The molecule has 1 aliphatic carbocycles. The zero-order chi connectivity index (χ0) is 14.7.